The molecule has 0 fully saturated rings. The minimum Gasteiger partial charge on any atom is -0.464 e. The van der Waals surface area contributed by atoms with Crippen LogP contribution >= 0.6 is 0 Å². The van der Waals surface area contributed by atoms with Gasteiger partial charge in [0.05, 0.1) is 13.2 Å². The Bertz CT molecular complexity index is 1060. The topological polar surface area (TPSA) is 99.7 Å². The zero-order chi connectivity index (χ0) is 48.3. The average Bonchev–Trinajstić information content (AvgIpc) is 3.28. The van der Waals surface area contributed by atoms with Crippen molar-refractivity contribution in [3.8, 4) is 0 Å². The molecule has 0 radical (unpaired) electrons. The first-order chi connectivity index (χ1) is 31.4. The van der Waals surface area contributed by atoms with Crippen molar-refractivity contribution in [1.29, 1.82) is 0 Å². The van der Waals surface area contributed by atoms with Gasteiger partial charge in [-0.25, -0.2) is 0 Å². The van der Waals surface area contributed by atoms with E-state index in [1.54, 1.807) is 23.9 Å². The van der Waals surface area contributed by atoms with Crippen LogP contribution in [0.15, 0.2) is 0 Å². The number of unbranched alkanes of at least 4 members (excludes halogenated alkanes) is 20. The lowest BCUT2D eigenvalue weighted by Crippen LogP contribution is -2.37. The molecule has 0 heterocycles. The van der Waals surface area contributed by atoms with Crippen LogP contribution in [0, 0.1) is 11.8 Å². The van der Waals surface area contributed by atoms with Crippen molar-refractivity contribution in [2.24, 2.45) is 11.8 Å². The SMILES string of the molecule is CCCCCCCCC(CCCCCC)C(=O)N(C)CC(=O)OCCCCCC(CCCCCOC(=O)CN(C)C(=O)C(CCCCCC)CCCCCCCC)N(C)CCCN(C)C. The number of esters is 2. The van der Waals surface area contributed by atoms with E-state index in [0.29, 0.717) is 19.3 Å². The van der Waals surface area contributed by atoms with Gasteiger partial charge in [-0.2, -0.15) is 0 Å². The van der Waals surface area contributed by atoms with Crippen molar-refractivity contribution in [1.82, 2.24) is 19.6 Å². The van der Waals surface area contributed by atoms with E-state index in [9.17, 15) is 19.2 Å². The second kappa shape index (κ2) is 44.3. The average molecular weight is 921 g/mol. The number of ether oxygens (including phenoxy) is 2. The lowest BCUT2D eigenvalue weighted by atomic mass is 9.93. The van der Waals surface area contributed by atoms with Gasteiger partial charge in [0.25, 0.3) is 0 Å². The van der Waals surface area contributed by atoms with Crippen molar-refractivity contribution < 1.29 is 28.7 Å². The van der Waals surface area contributed by atoms with Crippen molar-refractivity contribution in [2.45, 2.75) is 246 Å². The molecule has 0 aliphatic heterocycles. The maximum absolute atomic E-state index is 13.4. The molecule has 0 spiro atoms. The largest absolute Gasteiger partial charge is 0.464 e. The van der Waals surface area contributed by atoms with Crippen molar-refractivity contribution in [3.05, 3.63) is 0 Å². The van der Waals surface area contributed by atoms with E-state index >= 15 is 0 Å². The molecule has 0 aliphatic carbocycles. The minimum absolute atomic E-state index is 0.000114. The molecule has 10 heteroatoms. The Labute approximate surface area is 402 Å². The third-order valence-electron chi connectivity index (χ3n) is 13.4. The number of hydrogen-bond acceptors (Lipinski definition) is 8. The van der Waals surface area contributed by atoms with Gasteiger partial charge in [-0.1, -0.05) is 182 Å². The van der Waals surface area contributed by atoms with Gasteiger partial charge in [0.1, 0.15) is 13.1 Å². The molecule has 0 N–H and O–H groups in total. The van der Waals surface area contributed by atoms with Gasteiger partial charge in [-0.3, -0.25) is 19.2 Å². The highest BCUT2D eigenvalue weighted by molar-refractivity contribution is 5.84. The predicted molar refractivity (Wildman–Crippen MR) is 274 cm³/mol. The normalized spacial score (nSPS) is 13.0. The molecule has 10 nitrogen and oxygen atoms in total. The Morgan fingerprint density at radius 2 is 0.677 bits per heavy atom. The molecular weight excluding hydrogens is 813 g/mol. The van der Waals surface area contributed by atoms with Gasteiger partial charge in [0.2, 0.25) is 11.8 Å². The fourth-order valence-corrected chi connectivity index (χ4v) is 9.11. The van der Waals surface area contributed by atoms with E-state index in [1.165, 1.54) is 89.9 Å². The van der Waals surface area contributed by atoms with Gasteiger partial charge >= 0.3 is 11.9 Å². The highest BCUT2D eigenvalue weighted by Gasteiger charge is 2.25. The molecule has 2 amide bonds. The molecule has 0 saturated carbocycles. The van der Waals surface area contributed by atoms with Crippen molar-refractivity contribution in [3.63, 3.8) is 0 Å². The molecule has 2 atom stereocenters. The molecule has 0 bridgehead atoms. The second-order valence-corrected chi connectivity index (χ2v) is 20.0. The van der Waals surface area contributed by atoms with Crippen LogP contribution in [0.25, 0.3) is 0 Å². The summed E-state index contributed by atoms with van der Waals surface area (Å²) in [6.07, 6.45) is 36.6. The summed E-state index contributed by atoms with van der Waals surface area (Å²) in [5, 5.41) is 0. The van der Waals surface area contributed by atoms with Crippen LogP contribution in [0.2, 0.25) is 0 Å². The molecule has 384 valence electrons. The third kappa shape index (κ3) is 36.5. The molecule has 65 heavy (non-hydrogen) atoms. The van der Waals surface area contributed by atoms with Gasteiger partial charge in [0, 0.05) is 32.0 Å². The molecule has 0 saturated heterocycles. The Morgan fingerprint density at radius 3 is 1.03 bits per heavy atom. The molecule has 0 aromatic heterocycles. The Hall–Kier alpha value is -2.20. The summed E-state index contributed by atoms with van der Waals surface area (Å²) < 4.78 is 11.3. The van der Waals surface area contributed by atoms with Gasteiger partial charge in [-0.15, -0.1) is 0 Å². The fraction of sp³-hybridized carbons (Fsp3) is 0.927. The smallest absolute Gasteiger partial charge is 0.325 e. The van der Waals surface area contributed by atoms with Gasteiger partial charge in [-0.05, 0) is 92.0 Å². The first kappa shape index (κ1) is 62.8. The summed E-state index contributed by atoms with van der Waals surface area (Å²) in [6.45, 7) is 11.8. The molecule has 0 rings (SSSR count). The van der Waals surface area contributed by atoms with Crippen LogP contribution in [0.4, 0.5) is 0 Å². The van der Waals surface area contributed by atoms with Crippen LogP contribution in [-0.4, -0.2) is 124 Å². The van der Waals surface area contributed by atoms with Crippen molar-refractivity contribution >= 4 is 23.8 Å². The number of hydrogen-bond donors (Lipinski definition) is 0. The number of carbonyl (C=O) groups excluding carboxylic acids is 4. The number of rotatable bonds is 47. The quantitative estimate of drug-likeness (QED) is 0.0440. The molecule has 0 aromatic rings. The number of nitrogens with zero attached hydrogens (tertiary/aromatic N) is 4. The summed E-state index contributed by atoms with van der Waals surface area (Å²) in [6, 6.07) is 0.471. The maximum Gasteiger partial charge on any atom is 0.325 e. The number of likely N-dealkylation sites (N-methyl/N-ethyl adjacent to an activating group) is 2. The highest BCUT2D eigenvalue weighted by Crippen LogP contribution is 2.23. The molecular formula is C55H108N4O6. The van der Waals surface area contributed by atoms with Crippen LogP contribution in [-0.2, 0) is 28.7 Å². The lowest BCUT2D eigenvalue weighted by molar-refractivity contribution is -0.150. The summed E-state index contributed by atoms with van der Waals surface area (Å²) in [5.74, 6) is -0.425. The van der Waals surface area contributed by atoms with E-state index in [1.807, 2.05) is 0 Å². The summed E-state index contributed by atoms with van der Waals surface area (Å²) >= 11 is 0. The second-order valence-electron chi connectivity index (χ2n) is 20.0. The van der Waals surface area contributed by atoms with E-state index in [4.69, 9.17) is 9.47 Å². The molecule has 2 unspecified atom stereocenters. The van der Waals surface area contributed by atoms with E-state index in [0.717, 1.165) is 135 Å². The third-order valence-corrected chi connectivity index (χ3v) is 13.4. The van der Waals surface area contributed by atoms with Crippen LogP contribution in [0.5, 0.6) is 0 Å². The van der Waals surface area contributed by atoms with Gasteiger partial charge in [0.15, 0.2) is 0 Å². The van der Waals surface area contributed by atoms with Crippen molar-refractivity contribution in [2.75, 3.05) is 74.6 Å². The Morgan fingerprint density at radius 1 is 0.369 bits per heavy atom. The zero-order valence-electron chi connectivity index (χ0n) is 44.5. The first-order valence-corrected chi connectivity index (χ1v) is 27.6. The Balaban J connectivity index is 4.79. The number of carbonyl (C=O) groups is 4. The summed E-state index contributed by atoms with van der Waals surface area (Å²) in [4.78, 5) is 60.4. The molecule has 0 aliphatic rings. The fourth-order valence-electron chi connectivity index (χ4n) is 9.11. The van der Waals surface area contributed by atoms with E-state index in [-0.39, 0.29) is 48.7 Å². The maximum atomic E-state index is 13.4. The lowest BCUT2D eigenvalue weighted by Gasteiger charge is -2.29. The first-order valence-electron chi connectivity index (χ1n) is 27.6. The van der Waals surface area contributed by atoms with Crippen LogP contribution in [0.1, 0.15) is 240 Å². The van der Waals surface area contributed by atoms with E-state index < -0.39 is 0 Å². The van der Waals surface area contributed by atoms with Crippen LogP contribution < -0.4 is 0 Å². The minimum atomic E-state index is -0.310. The highest BCUT2D eigenvalue weighted by atomic mass is 16.5. The zero-order valence-corrected chi connectivity index (χ0v) is 44.5. The number of amides is 2. The van der Waals surface area contributed by atoms with E-state index in [2.05, 4.69) is 58.6 Å². The molecule has 0 aromatic carbocycles. The standard InChI is InChI=1S/C55H108N4O6/c1-10-14-18-22-24-30-39-49(37-28-20-16-12-3)54(62)58(8)47-52(60)64-45-34-26-32-41-51(57(7)44-36-43-56(5)6)42-33-27-35-46-65-53(61)48-59(9)55(63)50(38-29-21-17-13-4)40-31-25-23-19-15-11-2/h49-51H,10-48H2,1-9H3. The monoisotopic (exact) mass is 921 g/mol. The Kier molecular flexibility index (Phi) is 42.8. The van der Waals surface area contributed by atoms with Crippen LogP contribution in [0.3, 0.4) is 0 Å². The summed E-state index contributed by atoms with van der Waals surface area (Å²) in [5.41, 5.74) is 0. The summed E-state index contributed by atoms with van der Waals surface area (Å²) in [7, 11) is 10.0. The predicted octanol–water partition coefficient (Wildman–Crippen LogP) is 13.0. The van der Waals surface area contributed by atoms with Gasteiger partial charge < -0.3 is 29.1 Å².